The predicted octanol–water partition coefficient (Wildman–Crippen LogP) is 3.64. The summed E-state index contributed by atoms with van der Waals surface area (Å²) < 4.78 is 5.26. The molecule has 0 bridgehead atoms. The van der Waals surface area contributed by atoms with Crippen LogP contribution >= 0.6 is 0 Å². The first-order valence-electron chi connectivity index (χ1n) is 12.5. The number of amides is 3. The summed E-state index contributed by atoms with van der Waals surface area (Å²) in [5.74, 6) is 0.805. The topological polar surface area (TPSA) is 56.3 Å². The van der Waals surface area contributed by atoms with Gasteiger partial charge in [-0.1, -0.05) is 17.7 Å². The number of methoxy groups -OCH3 is 1. The Kier molecular flexibility index (Phi) is 8.77. The number of piperidine rings is 1. The highest BCUT2D eigenvalue weighted by molar-refractivity contribution is 6.07. The summed E-state index contributed by atoms with van der Waals surface area (Å²) in [5.41, 5.74) is 1.62. The molecule has 0 aromatic heterocycles. The average Bonchev–Trinajstić information content (AvgIpc) is 3.00. The third kappa shape index (κ3) is 5.81. The van der Waals surface area contributed by atoms with Crippen LogP contribution in [-0.2, 0) is 11.2 Å². The van der Waals surface area contributed by atoms with Gasteiger partial charge in [0.25, 0.3) is 5.91 Å². The number of benzene rings is 1. The summed E-state index contributed by atoms with van der Waals surface area (Å²) in [6.07, 6.45) is 4.19. The van der Waals surface area contributed by atoms with Gasteiger partial charge in [0.05, 0.1) is 7.11 Å². The van der Waals surface area contributed by atoms with E-state index in [-0.39, 0.29) is 11.9 Å². The van der Waals surface area contributed by atoms with Crippen molar-refractivity contribution in [3.05, 3.63) is 42.0 Å². The van der Waals surface area contributed by atoms with Gasteiger partial charge in [-0.25, -0.2) is 4.79 Å². The normalized spacial score (nSPS) is 19.4. The molecule has 2 heterocycles. The molecule has 2 saturated heterocycles. The Bertz CT molecular complexity index is 859. The Morgan fingerprint density at radius 2 is 1.79 bits per heavy atom. The van der Waals surface area contributed by atoms with Crippen LogP contribution in [0.3, 0.4) is 0 Å². The summed E-state index contributed by atoms with van der Waals surface area (Å²) in [7, 11) is 5.58. The van der Waals surface area contributed by atoms with E-state index in [0.29, 0.717) is 44.9 Å². The highest BCUT2D eigenvalue weighted by Gasteiger charge is 2.57. The number of allylic oxidation sites excluding steroid dienone is 1. The number of carbonyl (C=O) groups is 2. The van der Waals surface area contributed by atoms with Gasteiger partial charge in [-0.3, -0.25) is 9.69 Å². The second-order valence-corrected chi connectivity index (χ2v) is 10.2. The fourth-order valence-corrected chi connectivity index (χ4v) is 5.08. The van der Waals surface area contributed by atoms with Crippen LogP contribution in [0.2, 0.25) is 0 Å². The molecule has 7 heteroatoms. The Morgan fingerprint density at radius 1 is 1.15 bits per heavy atom. The maximum atomic E-state index is 13.7. The molecule has 0 unspecified atom stereocenters. The van der Waals surface area contributed by atoms with E-state index < -0.39 is 5.54 Å². The molecule has 1 spiro atoms. The van der Waals surface area contributed by atoms with Crippen molar-refractivity contribution >= 4 is 11.9 Å². The molecule has 0 aliphatic carbocycles. The van der Waals surface area contributed by atoms with E-state index in [1.807, 2.05) is 48.2 Å². The van der Waals surface area contributed by atoms with Gasteiger partial charge >= 0.3 is 6.03 Å². The van der Waals surface area contributed by atoms with E-state index in [2.05, 4.69) is 25.3 Å². The first kappa shape index (κ1) is 26.2. The number of hydrogen-bond acceptors (Lipinski definition) is 5. The molecular weight excluding hydrogens is 428 g/mol. The van der Waals surface area contributed by atoms with Crippen LogP contribution in [0.1, 0.15) is 45.1 Å². The minimum Gasteiger partial charge on any atom is -0.497 e. The Morgan fingerprint density at radius 3 is 2.35 bits per heavy atom. The van der Waals surface area contributed by atoms with Gasteiger partial charge in [-0.05, 0) is 77.7 Å². The van der Waals surface area contributed by atoms with Crippen LogP contribution in [-0.4, -0.2) is 97.0 Å². The molecule has 2 fully saturated rings. The second kappa shape index (κ2) is 11.4. The number of likely N-dealkylation sites (N-methyl/N-ethyl adjacent to an activating group) is 1. The largest absolute Gasteiger partial charge is 0.497 e. The van der Waals surface area contributed by atoms with Gasteiger partial charge < -0.3 is 19.4 Å². The van der Waals surface area contributed by atoms with Crippen molar-refractivity contribution in [2.24, 2.45) is 0 Å². The van der Waals surface area contributed by atoms with Crippen LogP contribution in [0.4, 0.5) is 4.79 Å². The zero-order valence-corrected chi connectivity index (χ0v) is 21.7. The molecule has 7 nitrogen and oxygen atoms in total. The number of likely N-dealkylation sites (tertiary alicyclic amines) is 1. The van der Waals surface area contributed by atoms with Crippen molar-refractivity contribution < 1.29 is 14.3 Å². The lowest BCUT2D eigenvalue weighted by Gasteiger charge is -2.44. The van der Waals surface area contributed by atoms with E-state index in [0.717, 1.165) is 37.2 Å². The fraction of sp³-hybridized carbons (Fsp3) is 0.630. The molecule has 3 rings (SSSR count). The number of rotatable bonds is 11. The third-order valence-corrected chi connectivity index (χ3v) is 7.41. The smallest absolute Gasteiger partial charge is 0.327 e. The molecule has 0 saturated carbocycles. The fourth-order valence-electron chi connectivity index (χ4n) is 5.08. The van der Waals surface area contributed by atoms with E-state index >= 15 is 0 Å². The molecule has 1 atom stereocenters. The number of ether oxygens (including phenoxy) is 1. The van der Waals surface area contributed by atoms with Gasteiger partial charge in [-0.15, -0.1) is 6.58 Å². The first-order chi connectivity index (χ1) is 16.2. The van der Waals surface area contributed by atoms with Gasteiger partial charge in [0.2, 0.25) is 0 Å². The van der Waals surface area contributed by atoms with Crippen LogP contribution in [0.15, 0.2) is 36.4 Å². The Labute approximate surface area is 205 Å². The number of urea groups is 1. The zero-order chi connectivity index (χ0) is 24.9. The predicted molar refractivity (Wildman–Crippen MR) is 136 cm³/mol. The first-order valence-corrected chi connectivity index (χ1v) is 12.5. The lowest BCUT2D eigenvalue weighted by molar-refractivity contribution is -0.136. The van der Waals surface area contributed by atoms with Gasteiger partial charge in [0.15, 0.2) is 0 Å². The van der Waals surface area contributed by atoms with Crippen molar-refractivity contribution in [3.8, 4) is 5.75 Å². The number of carbonyl (C=O) groups excluding carboxylic acids is 2. The standard InChI is InChI=1S/C27H42N4O3/c1-21(2)7-8-22(3)29-17-14-27(15-18-29)25(32)30(20-19-28(4)5)26(33)31(27)16-13-23-9-11-24(34-6)12-10-23/h9-12,22H,1,7-8,13-20H2,2-6H3/t22-/m0/s1. The molecule has 34 heavy (non-hydrogen) atoms. The van der Waals surface area contributed by atoms with Crippen molar-refractivity contribution in [1.82, 2.24) is 19.6 Å². The van der Waals surface area contributed by atoms with E-state index in [4.69, 9.17) is 4.74 Å². The molecule has 188 valence electrons. The SMILES string of the molecule is C=C(C)CC[C@H](C)N1CCC2(CC1)C(=O)N(CCN(C)C)C(=O)N2CCc1ccc(OC)cc1. The molecule has 1 aromatic rings. The molecule has 0 N–H and O–H groups in total. The summed E-state index contributed by atoms with van der Waals surface area (Å²) in [6, 6.07) is 8.25. The summed E-state index contributed by atoms with van der Waals surface area (Å²) in [4.78, 5) is 35.0. The maximum absolute atomic E-state index is 13.7. The minimum atomic E-state index is -0.722. The molecule has 1 aromatic carbocycles. The van der Waals surface area contributed by atoms with E-state index in [1.165, 1.54) is 10.5 Å². The third-order valence-electron chi connectivity index (χ3n) is 7.41. The second-order valence-electron chi connectivity index (χ2n) is 10.2. The van der Waals surface area contributed by atoms with Crippen molar-refractivity contribution in [2.75, 3.05) is 53.9 Å². The number of hydrogen-bond donors (Lipinski definition) is 0. The van der Waals surface area contributed by atoms with E-state index in [9.17, 15) is 9.59 Å². The average molecular weight is 471 g/mol. The van der Waals surface area contributed by atoms with Crippen LogP contribution in [0, 0.1) is 0 Å². The molecule has 2 aliphatic heterocycles. The molecule has 0 radical (unpaired) electrons. The van der Waals surface area contributed by atoms with E-state index in [1.54, 1.807) is 7.11 Å². The highest BCUT2D eigenvalue weighted by atomic mass is 16.5. The monoisotopic (exact) mass is 470 g/mol. The highest BCUT2D eigenvalue weighted by Crippen LogP contribution is 2.38. The Balaban J connectivity index is 1.74. The molecule has 2 aliphatic rings. The van der Waals surface area contributed by atoms with Crippen LogP contribution in [0.5, 0.6) is 5.75 Å². The van der Waals surface area contributed by atoms with Gasteiger partial charge in [0.1, 0.15) is 11.3 Å². The quantitative estimate of drug-likeness (QED) is 0.365. The van der Waals surface area contributed by atoms with Crippen LogP contribution in [0.25, 0.3) is 0 Å². The van der Waals surface area contributed by atoms with Crippen LogP contribution < -0.4 is 4.74 Å². The lowest BCUT2D eigenvalue weighted by atomic mass is 9.84. The van der Waals surface area contributed by atoms with Crippen molar-refractivity contribution in [3.63, 3.8) is 0 Å². The number of imide groups is 1. The minimum absolute atomic E-state index is 0.0108. The maximum Gasteiger partial charge on any atom is 0.327 e. The number of nitrogens with zero attached hydrogens (tertiary/aromatic N) is 4. The Hall–Kier alpha value is -2.38. The van der Waals surface area contributed by atoms with Crippen molar-refractivity contribution in [2.45, 2.75) is 57.5 Å². The zero-order valence-electron chi connectivity index (χ0n) is 21.7. The summed E-state index contributed by atoms with van der Waals surface area (Å²) in [5, 5.41) is 0. The summed E-state index contributed by atoms with van der Waals surface area (Å²) in [6.45, 7) is 11.7. The molecular formula is C27H42N4O3. The summed E-state index contributed by atoms with van der Waals surface area (Å²) >= 11 is 0. The lowest BCUT2D eigenvalue weighted by Crippen LogP contribution is -2.58. The molecule has 3 amide bonds. The van der Waals surface area contributed by atoms with Crippen molar-refractivity contribution in [1.29, 1.82) is 0 Å². The van der Waals surface area contributed by atoms with Gasteiger partial charge in [-0.2, -0.15) is 0 Å². The van der Waals surface area contributed by atoms with Gasteiger partial charge in [0, 0.05) is 38.8 Å².